The monoisotopic (exact) mass is 536 g/mol. The van der Waals surface area contributed by atoms with Crippen LogP contribution in [-0.4, -0.2) is 41.1 Å². The SMILES string of the molecule is CN=C(NCc1ccc(S(=O)(=O)NC)cc1)NCC(C)Oc1ccc(F)cc1.I. The van der Waals surface area contributed by atoms with Crippen LogP contribution in [0, 0.1) is 5.82 Å². The fraction of sp³-hybridized carbons (Fsp3) is 0.316. The zero-order valence-corrected chi connectivity index (χ0v) is 19.6. The third kappa shape index (κ3) is 8.15. The molecule has 10 heteroatoms. The Hall–Kier alpha value is -1.92. The Morgan fingerprint density at radius 1 is 1.10 bits per heavy atom. The molecule has 0 aromatic heterocycles. The first-order valence-electron chi connectivity index (χ1n) is 8.73. The van der Waals surface area contributed by atoms with Gasteiger partial charge in [0.05, 0.1) is 11.4 Å². The molecular formula is C19H26FIN4O3S. The summed E-state index contributed by atoms with van der Waals surface area (Å²) in [5.41, 5.74) is 0.911. The van der Waals surface area contributed by atoms with Gasteiger partial charge < -0.3 is 15.4 Å². The van der Waals surface area contributed by atoms with Gasteiger partial charge in [0.15, 0.2) is 5.96 Å². The van der Waals surface area contributed by atoms with Gasteiger partial charge >= 0.3 is 0 Å². The summed E-state index contributed by atoms with van der Waals surface area (Å²) in [7, 11) is -0.406. The Kier molecular flexibility index (Phi) is 10.3. The zero-order valence-electron chi connectivity index (χ0n) is 16.5. The maximum Gasteiger partial charge on any atom is 0.240 e. The Labute approximate surface area is 188 Å². The largest absolute Gasteiger partial charge is 0.489 e. The summed E-state index contributed by atoms with van der Waals surface area (Å²) in [4.78, 5) is 4.36. The van der Waals surface area contributed by atoms with Crippen molar-refractivity contribution < 1.29 is 17.5 Å². The average molecular weight is 536 g/mol. The van der Waals surface area contributed by atoms with E-state index >= 15 is 0 Å². The number of hydrogen-bond acceptors (Lipinski definition) is 4. The predicted octanol–water partition coefficient (Wildman–Crippen LogP) is 2.48. The number of sulfonamides is 1. The number of benzene rings is 2. The molecule has 0 saturated carbocycles. The highest BCUT2D eigenvalue weighted by atomic mass is 127. The third-order valence-electron chi connectivity index (χ3n) is 3.89. The topological polar surface area (TPSA) is 91.8 Å². The van der Waals surface area contributed by atoms with Gasteiger partial charge in [-0.15, -0.1) is 24.0 Å². The molecule has 1 unspecified atom stereocenters. The number of hydrogen-bond donors (Lipinski definition) is 3. The number of rotatable bonds is 8. The normalized spacial score (nSPS) is 12.6. The van der Waals surface area contributed by atoms with Crippen LogP contribution in [0.25, 0.3) is 0 Å². The Morgan fingerprint density at radius 3 is 2.28 bits per heavy atom. The molecule has 1 atom stereocenters. The van der Waals surface area contributed by atoms with Gasteiger partial charge in [-0.25, -0.2) is 17.5 Å². The van der Waals surface area contributed by atoms with Gasteiger partial charge in [0.1, 0.15) is 17.7 Å². The second-order valence-electron chi connectivity index (χ2n) is 6.04. The van der Waals surface area contributed by atoms with Crippen LogP contribution in [0.4, 0.5) is 4.39 Å². The summed E-state index contributed by atoms with van der Waals surface area (Å²) in [6.07, 6.45) is -0.157. The van der Waals surface area contributed by atoms with Crippen LogP contribution in [0.15, 0.2) is 58.4 Å². The van der Waals surface area contributed by atoms with Gasteiger partial charge in [-0.1, -0.05) is 12.1 Å². The molecule has 0 fully saturated rings. The average Bonchev–Trinajstić information content (AvgIpc) is 2.70. The van der Waals surface area contributed by atoms with Crippen LogP contribution < -0.4 is 20.1 Å². The molecule has 0 spiro atoms. The molecule has 0 radical (unpaired) electrons. The van der Waals surface area contributed by atoms with E-state index in [4.69, 9.17) is 4.74 Å². The van der Waals surface area contributed by atoms with Crippen molar-refractivity contribution >= 4 is 40.0 Å². The van der Waals surface area contributed by atoms with E-state index in [1.54, 1.807) is 43.4 Å². The number of halogens is 2. The number of aliphatic imine (C=N–C) groups is 1. The van der Waals surface area contributed by atoms with E-state index in [1.165, 1.54) is 19.2 Å². The molecule has 0 bridgehead atoms. The molecule has 3 N–H and O–H groups in total. The van der Waals surface area contributed by atoms with E-state index in [0.29, 0.717) is 24.8 Å². The van der Waals surface area contributed by atoms with Gasteiger partial charge in [0.2, 0.25) is 10.0 Å². The fourth-order valence-corrected chi connectivity index (χ4v) is 3.07. The summed E-state index contributed by atoms with van der Waals surface area (Å²) in [5.74, 6) is 0.871. The van der Waals surface area contributed by atoms with E-state index in [9.17, 15) is 12.8 Å². The van der Waals surface area contributed by atoms with E-state index in [1.807, 2.05) is 6.92 Å². The summed E-state index contributed by atoms with van der Waals surface area (Å²) in [6.45, 7) is 2.87. The Bertz CT molecular complexity index is 891. The summed E-state index contributed by atoms with van der Waals surface area (Å²) < 4.78 is 44.4. The second kappa shape index (κ2) is 11.9. The molecular weight excluding hydrogens is 510 g/mol. The summed E-state index contributed by atoms with van der Waals surface area (Å²) in [6, 6.07) is 12.4. The summed E-state index contributed by atoms with van der Waals surface area (Å²) in [5, 5.41) is 6.30. The van der Waals surface area contributed by atoms with Crippen LogP contribution >= 0.6 is 24.0 Å². The van der Waals surface area contributed by atoms with Crippen molar-refractivity contribution in [1.82, 2.24) is 15.4 Å². The smallest absolute Gasteiger partial charge is 0.240 e. The van der Waals surface area contributed by atoms with Crippen LogP contribution in [-0.2, 0) is 16.6 Å². The number of ether oxygens (including phenoxy) is 1. The van der Waals surface area contributed by atoms with Crippen LogP contribution in [0.3, 0.4) is 0 Å². The minimum atomic E-state index is -3.44. The highest BCUT2D eigenvalue weighted by Crippen LogP contribution is 2.13. The van der Waals surface area contributed by atoms with E-state index < -0.39 is 10.0 Å². The lowest BCUT2D eigenvalue weighted by molar-refractivity contribution is 0.223. The van der Waals surface area contributed by atoms with Crippen LogP contribution in [0.2, 0.25) is 0 Å². The van der Waals surface area contributed by atoms with Crippen molar-refractivity contribution in [1.29, 1.82) is 0 Å². The van der Waals surface area contributed by atoms with Crippen molar-refractivity contribution in [3.05, 3.63) is 59.9 Å². The van der Waals surface area contributed by atoms with Crippen molar-refractivity contribution in [2.75, 3.05) is 20.6 Å². The lowest BCUT2D eigenvalue weighted by Crippen LogP contribution is -2.41. The van der Waals surface area contributed by atoms with Crippen molar-refractivity contribution in [2.24, 2.45) is 4.99 Å². The van der Waals surface area contributed by atoms with Gasteiger partial charge in [0, 0.05) is 13.6 Å². The number of nitrogens with one attached hydrogen (secondary N) is 3. The standard InChI is InChI=1S/C19H25FN4O3S.HI/c1-14(27-17-8-6-16(20)7-9-17)12-23-19(21-2)24-13-15-4-10-18(11-5-15)28(25,26)22-3;/h4-11,14,22H,12-13H2,1-3H3,(H2,21,23,24);1H. The molecule has 2 aromatic rings. The zero-order chi connectivity index (χ0) is 20.6. The first kappa shape index (κ1) is 25.1. The predicted molar refractivity (Wildman–Crippen MR) is 123 cm³/mol. The molecule has 160 valence electrons. The van der Waals surface area contributed by atoms with Crippen molar-refractivity contribution in [3.8, 4) is 5.75 Å². The van der Waals surface area contributed by atoms with Gasteiger partial charge in [-0.3, -0.25) is 4.99 Å². The van der Waals surface area contributed by atoms with Gasteiger partial charge in [-0.2, -0.15) is 0 Å². The van der Waals surface area contributed by atoms with Crippen LogP contribution in [0.5, 0.6) is 5.75 Å². The molecule has 0 heterocycles. The number of nitrogens with zero attached hydrogens (tertiary/aromatic N) is 1. The van der Waals surface area contributed by atoms with E-state index in [0.717, 1.165) is 5.56 Å². The third-order valence-corrected chi connectivity index (χ3v) is 5.32. The first-order chi connectivity index (χ1) is 13.3. The number of guanidine groups is 1. The highest BCUT2D eigenvalue weighted by Gasteiger charge is 2.10. The molecule has 0 aliphatic rings. The van der Waals surface area contributed by atoms with Crippen molar-refractivity contribution in [2.45, 2.75) is 24.5 Å². The quantitative estimate of drug-likeness (QED) is 0.274. The van der Waals surface area contributed by atoms with Crippen molar-refractivity contribution in [3.63, 3.8) is 0 Å². The fourth-order valence-electron chi connectivity index (χ4n) is 2.34. The molecule has 0 amide bonds. The molecule has 2 rings (SSSR count). The molecule has 7 nitrogen and oxygen atoms in total. The maximum absolute atomic E-state index is 12.9. The lowest BCUT2D eigenvalue weighted by Gasteiger charge is -2.18. The molecule has 0 aliphatic carbocycles. The summed E-state index contributed by atoms with van der Waals surface area (Å²) >= 11 is 0. The van der Waals surface area contributed by atoms with E-state index in [-0.39, 0.29) is 40.8 Å². The molecule has 2 aromatic carbocycles. The van der Waals surface area contributed by atoms with Gasteiger partial charge in [0.25, 0.3) is 0 Å². The van der Waals surface area contributed by atoms with E-state index in [2.05, 4.69) is 20.3 Å². The Balaban J connectivity index is 0.00000420. The lowest BCUT2D eigenvalue weighted by atomic mass is 10.2. The van der Waals surface area contributed by atoms with Gasteiger partial charge in [-0.05, 0) is 55.9 Å². The first-order valence-corrected chi connectivity index (χ1v) is 10.2. The minimum absolute atomic E-state index is 0. The molecule has 0 saturated heterocycles. The minimum Gasteiger partial charge on any atom is -0.489 e. The van der Waals surface area contributed by atoms with Crippen LogP contribution in [0.1, 0.15) is 12.5 Å². The second-order valence-corrected chi connectivity index (χ2v) is 7.93. The molecule has 0 aliphatic heterocycles. The Morgan fingerprint density at radius 2 is 1.72 bits per heavy atom. The highest BCUT2D eigenvalue weighted by molar-refractivity contribution is 14.0. The molecule has 29 heavy (non-hydrogen) atoms. The maximum atomic E-state index is 12.9.